The molecule has 3 N–H and O–H groups in total. The largest absolute Gasteiger partial charge is 0.353 e. The molecule has 0 aliphatic heterocycles. The van der Waals surface area contributed by atoms with Crippen molar-refractivity contribution in [3.05, 3.63) is 0 Å². The van der Waals surface area contributed by atoms with Crippen LogP contribution in [0.3, 0.4) is 0 Å². The summed E-state index contributed by atoms with van der Waals surface area (Å²) in [5.41, 5.74) is 5.52. The number of nitrogens with two attached hydrogens (primary N) is 1. The lowest BCUT2D eigenvalue weighted by molar-refractivity contribution is -0.122. The van der Waals surface area contributed by atoms with Crippen molar-refractivity contribution < 1.29 is 4.79 Å². The van der Waals surface area contributed by atoms with E-state index in [0.29, 0.717) is 0 Å². The molecule has 0 radical (unpaired) electrons. The van der Waals surface area contributed by atoms with Gasteiger partial charge in [0.15, 0.2) is 0 Å². The molecular formula is C11H22N2OS. The first-order valence-corrected chi connectivity index (χ1v) is 6.90. The van der Waals surface area contributed by atoms with E-state index in [4.69, 9.17) is 5.73 Å². The van der Waals surface area contributed by atoms with Crippen molar-refractivity contribution >= 4 is 17.7 Å². The van der Waals surface area contributed by atoms with E-state index in [2.05, 4.69) is 11.6 Å². The van der Waals surface area contributed by atoms with E-state index >= 15 is 0 Å². The number of carbonyl (C=O) groups excluding carboxylic acids is 1. The molecule has 0 heterocycles. The van der Waals surface area contributed by atoms with Gasteiger partial charge in [-0.05, 0) is 26.0 Å². The van der Waals surface area contributed by atoms with Gasteiger partial charge in [0.25, 0.3) is 0 Å². The Labute approximate surface area is 96.6 Å². The van der Waals surface area contributed by atoms with Gasteiger partial charge in [-0.2, -0.15) is 11.8 Å². The van der Waals surface area contributed by atoms with Crippen LogP contribution in [0.15, 0.2) is 0 Å². The van der Waals surface area contributed by atoms with Crippen LogP contribution in [0.25, 0.3) is 0 Å². The van der Waals surface area contributed by atoms with Gasteiger partial charge in [-0.15, -0.1) is 0 Å². The maximum absolute atomic E-state index is 11.4. The van der Waals surface area contributed by atoms with Crippen LogP contribution in [0.2, 0.25) is 0 Å². The van der Waals surface area contributed by atoms with E-state index in [9.17, 15) is 4.79 Å². The summed E-state index contributed by atoms with van der Waals surface area (Å²) < 4.78 is 0.267. The minimum Gasteiger partial charge on any atom is -0.353 e. The lowest BCUT2D eigenvalue weighted by atomic mass is 9.88. The number of hydrogen-bond donors (Lipinski definition) is 2. The minimum atomic E-state index is -0.396. The molecule has 1 fully saturated rings. The highest BCUT2D eigenvalue weighted by Gasteiger charge is 2.31. The number of hydrogen-bond acceptors (Lipinski definition) is 3. The van der Waals surface area contributed by atoms with Crippen molar-refractivity contribution in [2.24, 2.45) is 5.73 Å². The first-order valence-electron chi connectivity index (χ1n) is 5.68. The zero-order valence-corrected chi connectivity index (χ0v) is 10.5. The zero-order chi connectivity index (χ0) is 11.3. The maximum atomic E-state index is 11.4. The summed E-state index contributed by atoms with van der Waals surface area (Å²) in [5.74, 6) is -0.0333. The number of thioether (sulfide) groups is 1. The second-order valence-corrected chi connectivity index (χ2v) is 5.73. The Morgan fingerprint density at radius 3 is 2.53 bits per heavy atom. The molecule has 1 amide bonds. The van der Waals surface area contributed by atoms with Gasteiger partial charge in [0.05, 0.1) is 6.04 Å². The van der Waals surface area contributed by atoms with Crippen LogP contribution in [-0.2, 0) is 4.79 Å². The first kappa shape index (κ1) is 12.8. The van der Waals surface area contributed by atoms with E-state index in [-0.39, 0.29) is 10.7 Å². The zero-order valence-electron chi connectivity index (χ0n) is 9.71. The van der Waals surface area contributed by atoms with Gasteiger partial charge < -0.3 is 11.1 Å². The highest BCUT2D eigenvalue weighted by molar-refractivity contribution is 8.00. The predicted octanol–water partition coefficient (Wildman–Crippen LogP) is 1.52. The SMILES string of the molecule is CSC1(CNC(=O)[C@H](C)N)CCCCC1. The Bertz CT molecular complexity index is 213. The second kappa shape index (κ2) is 5.75. The molecule has 1 rings (SSSR count). The molecule has 0 aromatic carbocycles. The van der Waals surface area contributed by atoms with Crippen molar-refractivity contribution in [3.8, 4) is 0 Å². The number of carbonyl (C=O) groups is 1. The summed E-state index contributed by atoms with van der Waals surface area (Å²) >= 11 is 1.89. The Morgan fingerprint density at radius 2 is 2.07 bits per heavy atom. The molecular weight excluding hydrogens is 208 g/mol. The van der Waals surface area contributed by atoms with Crippen LogP contribution in [0.1, 0.15) is 39.0 Å². The molecule has 4 heteroatoms. The molecule has 88 valence electrons. The Balaban J connectivity index is 2.42. The third-order valence-corrected chi connectivity index (χ3v) is 4.61. The van der Waals surface area contributed by atoms with Gasteiger partial charge in [-0.25, -0.2) is 0 Å². The van der Waals surface area contributed by atoms with Crippen LogP contribution in [0.5, 0.6) is 0 Å². The monoisotopic (exact) mass is 230 g/mol. The maximum Gasteiger partial charge on any atom is 0.236 e. The highest BCUT2D eigenvalue weighted by atomic mass is 32.2. The second-order valence-electron chi connectivity index (χ2n) is 4.45. The predicted molar refractivity (Wildman–Crippen MR) is 66.0 cm³/mol. The summed E-state index contributed by atoms with van der Waals surface area (Å²) in [7, 11) is 0. The van der Waals surface area contributed by atoms with Gasteiger partial charge in [0.2, 0.25) is 5.91 Å². The van der Waals surface area contributed by atoms with E-state index in [1.54, 1.807) is 6.92 Å². The summed E-state index contributed by atoms with van der Waals surface area (Å²) in [6.07, 6.45) is 8.48. The lowest BCUT2D eigenvalue weighted by Gasteiger charge is -2.36. The number of rotatable bonds is 4. The van der Waals surface area contributed by atoms with E-state index in [0.717, 1.165) is 6.54 Å². The third kappa shape index (κ3) is 3.68. The molecule has 0 aromatic rings. The van der Waals surface area contributed by atoms with Crippen molar-refractivity contribution in [1.82, 2.24) is 5.32 Å². The van der Waals surface area contributed by atoms with Gasteiger partial charge in [-0.1, -0.05) is 19.3 Å². The van der Waals surface area contributed by atoms with Crippen molar-refractivity contribution in [3.63, 3.8) is 0 Å². The third-order valence-electron chi connectivity index (χ3n) is 3.20. The Hall–Kier alpha value is -0.220. The lowest BCUT2D eigenvalue weighted by Crippen LogP contribution is -2.46. The van der Waals surface area contributed by atoms with E-state index in [1.807, 2.05) is 11.8 Å². The van der Waals surface area contributed by atoms with Crippen LogP contribution in [0.4, 0.5) is 0 Å². The molecule has 1 aliphatic rings. The van der Waals surface area contributed by atoms with Gasteiger partial charge in [-0.3, -0.25) is 4.79 Å². The van der Waals surface area contributed by atoms with Crippen molar-refractivity contribution in [2.75, 3.05) is 12.8 Å². The van der Waals surface area contributed by atoms with Crippen molar-refractivity contribution in [2.45, 2.75) is 49.8 Å². The standard InChI is InChI=1S/C11H22N2OS/c1-9(12)10(14)13-8-11(15-2)6-4-3-5-7-11/h9H,3-8,12H2,1-2H3,(H,13,14)/t9-/m0/s1. The molecule has 0 saturated heterocycles. The molecule has 15 heavy (non-hydrogen) atoms. The number of amides is 1. The molecule has 0 aromatic heterocycles. The van der Waals surface area contributed by atoms with Crippen molar-refractivity contribution in [1.29, 1.82) is 0 Å². The summed E-state index contributed by atoms with van der Waals surface area (Å²) in [6, 6.07) is -0.396. The highest BCUT2D eigenvalue weighted by Crippen LogP contribution is 2.37. The average molecular weight is 230 g/mol. The van der Waals surface area contributed by atoms with Crippen LogP contribution in [0, 0.1) is 0 Å². The van der Waals surface area contributed by atoms with Crippen LogP contribution < -0.4 is 11.1 Å². The normalized spacial score (nSPS) is 22.1. The first-order chi connectivity index (χ1) is 7.09. The Morgan fingerprint density at radius 1 is 1.47 bits per heavy atom. The summed E-state index contributed by atoms with van der Waals surface area (Å²) in [6.45, 7) is 2.50. The van der Waals surface area contributed by atoms with E-state index < -0.39 is 6.04 Å². The minimum absolute atomic E-state index is 0.0333. The van der Waals surface area contributed by atoms with Crippen LogP contribution in [-0.4, -0.2) is 29.5 Å². The van der Waals surface area contributed by atoms with E-state index in [1.165, 1.54) is 32.1 Å². The molecule has 3 nitrogen and oxygen atoms in total. The quantitative estimate of drug-likeness (QED) is 0.770. The molecule has 1 aliphatic carbocycles. The molecule has 0 bridgehead atoms. The topological polar surface area (TPSA) is 55.1 Å². The average Bonchev–Trinajstić information content (AvgIpc) is 2.27. The fourth-order valence-corrected chi connectivity index (χ4v) is 2.97. The van der Waals surface area contributed by atoms with Gasteiger partial charge in [0.1, 0.15) is 0 Å². The van der Waals surface area contributed by atoms with Gasteiger partial charge in [0, 0.05) is 11.3 Å². The molecule has 1 atom stereocenters. The molecule has 0 unspecified atom stereocenters. The molecule has 1 saturated carbocycles. The Kier molecular flexibility index (Phi) is 4.93. The summed E-state index contributed by atoms with van der Waals surface area (Å²) in [4.78, 5) is 11.4. The number of nitrogens with one attached hydrogen (secondary N) is 1. The fourth-order valence-electron chi connectivity index (χ4n) is 2.06. The smallest absolute Gasteiger partial charge is 0.236 e. The summed E-state index contributed by atoms with van der Waals surface area (Å²) in [5, 5.41) is 2.96. The fraction of sp³-hybridized carbons (Fsp3) is 0.909. The van der Waals surface area contributed by atoms with Crippen LogP contribution >= 0.6 is 11.8 Å². The molecule has 0 spiro atoms. The van der Waals surface area contributed by atoms with Gasteiger partial charge >= 0.3 is 0 Å².